The predicted octanol–water partition coefficient (Wildman–Crippen LogP) is 4.29. The summed E-state index contributed by atoms with van der Waals surface area (Å²) in [6.07, 6.45) is 7.29. The van der Waals surface area contributed by atoms with E-state index in [1.54, 1.807) is 0 Å². The van der Waals surface area contributed by atoms with E-state index in [0.29, 0.717) is 17.6 Å². The smallest absolute Gasteiger partial charge is 0.155 e. The summed E-state index contributed by atoms with van der Waals surface area (Å²) in [7, 11) is 0. The van der Waals surface area contributed by atoms with Crippen LogP contribution in [-0.2, 0) is 4.79 Å². The first-order valence-electron chi connectivity index (χ1n) is 6.55. The van der Waals surface area contributed by atoms with Gasteiger partial charge >= 0.3 is 0 Å². The number of carbonyl (C=O) groups excluding carboxylic acids is 1. The third-order valence-electron chi connectivity index (χ3n) is 3.66. The van der Waals surface area contributed by atoms with Gasteiger partial charge in [-0.25, -0.2) is 0 Å². The number of hydrogen-bond acceptors (Lipinski definition) is 1. The summed E-state index contributed by atoms with van der Waals surface area (Å²) in [6, 6.07) is 0. The van der Waals surface area contributed by atoms with Gasteiger partial charge in [-0.2, -0.15) is 0 Å². The highest BCUT2D eigenvalue weighted by atomic mass is 16.1. The number of rotatable bonds is 1. The molecule has 2 aliphatic rings. The Hall–Kier alpha value is -0.850. The van der Waals surface area contributed by atoms with Crippen LogP contribution in [0.15, 0.2) is 23.8 Å². The first kappa shape index (κ1) is 13.2. The molecule has 0 aromatic carbocycles. The van der Waals surface area contributed by atoms with E-state index in [0.717, 1.165) is 19.3 Å². The molecule has 2 unspecified atom stereocenters. The van der Waals surface area contributed by atoms with Crippen molar-refractivity contribution in [2.75, 3.05) is 0 Å². The van der Waals surface area contributed by atoms with E-state index in [1.165, 1.54) is 24.0 Å². The highest BCUT2D eigenvalue weighted by Crippen LogP contribution is 2.40. The van der Waals surface area contributed by atoms with Crippen molar-refractivity contribution in [3.05, 3.63) is 23.8 Å². The van der Waals surface area contributed by atoms with Crippen LogP contribution < -0.4 is 0 Å². The lowest BCUT2D eigenvalue weighted by atomic mass is 9.71. The van der Waals surface area contributed by atoms with Gasteiger partial charge in [-0.05, 0) is 50.5 Å². The van der Waals surface area contributed by atoms with Gasteiger partial charge in [0.25, 0.3) is 0 Å². The van der Waals surface area contributed by atoms with Crippen molar-refractivity contribution in [2.24, 2.45) is 11.8 Å². The first-order valence-corrected chi connectivity index (χ1v) is 6.55. The number of fused-ring (bicyclic) bond motifs is 1. The maximum Gasteiger partial charge on any atom is 0.155 e. The summed E-state index contributed by atoms with van der Waals surface area (Å²) in [5.41, 5.74) is 2.74. The summed E-state index contributed by atoms with van der Waals surface area (Å²) in [4.78, 5) is 11.2. The summed E-state index contributed by atoms with van der Waals surface area (Å²) in [6.45, 7) is 10.2. The minimum atomic E-state index is 0.338. The second kappa shape index (κ2) is 6.03. The molecule has 0 aromatic heterocycles. The van der Waals surface area contributed by atoms with Gasteiger partial charge < -0.3 is 0 Å². The number of allylic oxidation sites excluding steroid dienone is 3. The fourth-order valence-corrected chi connectivity index (χ4v) is 2.69. The highest BCUT2D eigenvalue weighted by molar-refractivity contribution is 5.91. The molecule has 2 rings (SSSR count). The van der Waals surface area contributed by atoms with Gasteiger partial charge in [-0.3, -0.25) is 4.79 Å². The molecule has 0 spiro atoms. The van der Waals surface area contributed by atoms with Gasteiger partial charge in [-0.1, -0.05) is 31.6 Å². The van der Waals surface area contributed by atoms with E-state index < -0.39 is 0 Å². The predicted molar refractivity (Wildman–Crippen MR) is 69.3 cm³/mol. The highest BCUT2D eigenvalue weighted by Gasteiger charge is 2.29. The van der Waals surface area contributed by atoms with Crippen LogP contribution in [0.25, 0.3) is 0 Å². The lowest BCUT2D eigenvalue weighted by molar-refractivity contribution is -0.115. The Balaban J connectivity index is 0.000000606. The SMILES string of the molecule is C=C(C)C1CCC2=CC(=O)CCC2C1.CC. The maximum absolute atomic E-state index is 11.2. The number of carbonyl (C=O) groups is 1. The fraction of sp³-hybridized carbons (Fsp3) is 0.667. The number of ketones is 1. The van der Waals surface area contributed by atoms with Crippen LogP contribution in [0.2, 0.25) is 0 Å². The van der Waals surface area contributed by atoms with Crippen molar-refractivity contribution in [3.8, 4) is 0 Å². The minimum absolute atomic E-state index is 0.338. The van der Waals surface area contributed by atoms with Crippen molar-refractivity contribution < 1.29 is 4.79 Å². The Morgan fingerprint density at radius 3 is 2.62 bits per heavy atom. The first-order chi connectivity index (χ1) is 7.66. The monoisotopic (exact) mass is 220 g/mol. The second-order valence-electron chi connectivity index (χ2n) is 4.74. The average molecular weight is 220 g/mol. The molecular weight excluding hydrogens is 196 g/mol. The molecule has 0 heterocycles. The van der Waals surface area contributed by atoms with Gasteiger partial charge in [0.2, 0.25) is 0 Å². The van der Waals surface area contributed by atoms with E-state index in [2.05, 4.69) is 13.5 Å². The van der Waals surface area contributed by atoms with Crippen molar-refractivity contribution in [2.45, 2.75) is 52.9 Å². The van der Waals surface area contributed by atoms with Crippen LogP contribution in [0.5, 0.6) is 0 Å². The summed E-state index contributed by atoms with van der Waals surface area (Å²) in [5.74, 6) is 1.72. The van der Waals surface area contributed by atoms with E-state index in [9.17, 15) is 4.79 Å². The molecule has 0 bridgehead atoms. The molecule has 0 N–H and O–H groups in total. The molecule has 1 nitrogen and oxygen atoms in total. The zero-order valence-electron chi connectivity index (χ0n) is 10.9. The molecule has 0 saturated heterocycles. The molecular formula is C15H24O. The molecule has 90 valence electrons. The molecule has 1 fully saturated rings. The zero-order chi connectivity index (χ0) is 12.1. The van der Waals surface area contributed by atoms with E-state index in [1.807, 2.05) is 19.9 Å². The van der Waals surface area contributed by atoms with Crippen LogP contribution in [0.1, 0.15) is 52.9 Å². The molecule has 2 aliphatic carbocycles. The summed E-state index contributed by atoms with van der Waals surface area (Å²) < 4.78 is 0. The van der Waals surface area contributed by atoms with Crippen molar-refractivity contribution in [1.29, 1.82) is 0 Å². The molecule has 1 saturated carbocycles. The zero-order valence-corrected chi connectivity index (χ0v) is 10.9. The van der Waals surface area contributed by atoms with Gasteiger partial charge in [0, 0.05) is 6.42 Å². The summed E-state index contributed by atoms with van der Waals surface area (Å²) >= 11 is 0. The fourth-order valence-electron chi connectivity index (χ4n) is 2.69. The van der Waals surface area contributed by atoms with Crippen LogP contribution in [0.4, 0.5) is 0 Å². The number of hydrogen-bond donors (Lipinski definition) is 0. The third kappa shape index (κ3) is 3.07. The second-order valence-corrected chi connectivity index (χ2v) is 4.74. The van der Waals surface area contributed by atoms with Crippen molar-refractivity contribution in [3.63, 3.8) is 0 Å². The molecule has 16 heavy (non-hydrogen) atoms. The normalized spacial score (nSPS) is 28.4. The van der Waals surface area contributed by atoms with Crippen LogP contribution in [0.3, 0.4) is 0 Å². The Kier molecular flexibility index (Phi) is 4.98. The van der Waals surface area contributed by atoms with E-state index in [-0.39, 0.29) is 0 Å². The Bertz CT molecular complexity index is 299. The van der Waals surface area contributed by atoms with Gasteiger partial charge in [0.15, 0.2) is 5.78 Å². The van der Waals surface area contributed by atoms with Gasteiger partial charge in [0.05, 0.1) is 0 Å². The topological polar surface area (TPSA) is 17.1 Å². The molecule has 2 atom stereocenters. The Morgan fingerprint density at radius 1 is 1.31 bits per heavy atom. The van der Waals surface area contributed by atoms with Crippen LogP contribution in [-0.4, -0.2) is 5.78 Å². The lowest BCUT2D eigenvalue weighted by Gasteiger charge is -2.33. The molecule has 0 radical (unpaired) electrons. The quantitative estimate of drug-likeness (QED) is 0.602. The largest absolute Gasteiger partial charge is 0.295 e. The van der Waals surface area contributed by atoms with Crippen molar-refractivity contribution >= 4 is 5.78 Å². The van der Waals surface area contributed by atoms with E-state index >= 15 is 0 Å². The Labute approximate surface area is 99.6 Å². The van der Waals surface area contributed by atoms with Crippen molar-refractivity contribution in [1.82, 2.24) is 0 Å². The third-order valence-corrected chi connectivity index (χ3v) is 3.66. The lowest BCUT2D eigenvalue weighted by Crippen LogP contribution is -2.23. The average Bonchev–Trinajstić information content (AvgIpc) is 2.30. The van der Waals surface area contributed by atoms with Crippen LogP contribution in [0, 0.1) is 11.8 Å². The molecule has 0 aromatic rings. The van der Waals surface area contributed by atoms with Gasteiger partial charge in [0.1, 0.15) is 0 Å². The summed E-state index contributed by atoms with van der Waals surface area (Å²) in [5, 5.41) is 0. The molecule has 1 heteroatoms. The van der Waals surface area contributed by atoms with Crippen LogP contribution >= 0.6 is 0 Å². The minimum Gasteiger partial charge on any atom is -0.295 e. The molecule has 0 amide bonds. The maximum atomic E-state index is 11.2. The van der Waals surface area contributed by atoms with Gasteiger partial charge in [-0.15, -0.1) is 0 Å². The standard InChI is InChI=1S/C13H18O.C2H6/c1-9(2)10-3-4-12-8-13(14)6-5-11(12)7-10;1-2/h8,10-11H,1,3-7H2,2H3;1-2H3. The Morgan fingerprint density at radius 2 is 2.00 bits per heavy atom. The molecule has 0 aliphatic heterocycles. The van der Waals surface area contributed by atoms with E-state index in [4.69, 9.17) is 0 Å².